The van der Waals surface area contributed by atoms with Crippen LogP contribution in [0.3, 0.4) is 0 Å². The van der Waals surface area contributed by atoms with Gasteiger partial charge in [0.25, 0.3) is 15.9 Å². The smallest absolute Gasteiger partial charge is 0.283 e. The number of nitrogens with zero attached hydrogens (tertiary/aromatic N) is 3. The molecule has 1 amide bonds. The Morgan fingerprint density at radius 1 is 1.00 bits per heavy atom. The van der Waals surface area contributed by atoms with Gasteiger partial charge in [0, 0.05) is 43.4 Å². The lowest BCUT2D eigenvalue weighted by Crippen LogP contribution is -2.47. The first-order valence-electron chi connectivity index (χ1n) is 14.1. The minimum absolute atomic E-state index is 0.0194. The van der Waals surface area contributed by atoms with Gasteiger partial charge >= 0.3 is 0 Å². The fourth-order valence-electron chi connectivity index (χ4n) is 5.64. The van der Waals surface area contributed by atoms with E-state index >= 15 is 0 Å². The molecule has 0 unspecified atom stereocenters. The molecule has 2 heterocycles. The molecule has 2 aromatic carbocycles. The molecule has 1 N–H and O–H groups in total. The van der Waals surface area contributed by atoms with Gasteiger partial charge in [-0.25, -0.2) is 22.5 Å². The Hall–Kier alpha value is -3.27. The van der Waals surface area contributed by atoms with Gasteiger partial charge in [0.1, 0.15) is 11.5 Å². The number of benzene rings is 2. The quantitative estimate of drug-likeness (QED) is 0.349. The average molecular weight is 611 g/mol. The number of rotatable bonds is 7. The molecule has 1 aliphatic carbocycles. The van der Waals surface area contributed by atoms with Crippen molar-refractivity contribution >= 4 is 38.8 Å². The zero-order valence-corrected chi connectivity index (χ0v) is 25.7. The number of halogens is 2. The summed E-state index contributed by atoms with van der Waals surface area (Å²) in [7, 11) is -4.11. The second-order valence-corrected chi connectivity index (χ2v) is 14.0. The fraction of sp³-hybridized carbons (Fsp3) is 0.375. The molecular weight excluding hydrogens is 575 g/mol. The van der Waals surface area contributed by atoms with Crippen molar-refractivity contribution in [3.8, 4) is 0 Å². The number of aromatic nitrogens is 1. The molecular formula is C32H36ClFN4O3S. The van der Waals surface area contributed by atoms with Gasteiger partial charge in [0.05, 0.1) is 10.6 Å². The number of amides is 1. The molecule has 0 atom stereocenters. The third-order valence-corrected chi connectivity index (χ3v) is 9.76. The van der Waals surface area contributed by atoms with Crippen molar-refractivity contribution in [2.24, 2.45) is 5.41 Å². The number of hydrogen-bond acceptors (Lipinski definition) is 6. The summed E-state index contributed by atoms with van der Waals surface area (Å²) < 4.78 is 41.1. The zero-order valence-electron chi connectivity index (χ0n) is 24.2. The van der Waals surface area contributed by atoms with Crippen LogP contribution in [0.15, 0.2) is 71.1 Å². The molecule has 10 heteroatoms. The maximum atomic E-state index is 13.5. The first kappa shape index (κ1) is 30.2. The Bertz CT molecular complexity index is 1600. The lowest BCUT2D eigenvalue weighted by Gasteiger charge is -2.39. The molecule has 222 valence electrons. The van der Waals surface area contributed by atoms with Gasteiger partial charge < -0.3 is 4.90 Å². The second kappa shape index (κ2) is 12.1. The Labute approximate surface area is 252 Å². The van der Waals surface area contributed by atoms with Crippen molar-refractivity contribution in [3.63, 3.8) is 0 Å². The third-order valence-electron chi connectivity index (χ3n) is 8.16. The highest BCUT2D eigenvalue weighted by Gasteiger charge is 2.29. The van der Waals surface area contributed by atoms with E-state index in [4.69, 9.17) is 11.6 Å². The summed E-state index contributed by atoms with van der Waals surface area (Å²) in [5.41, 5.74) is 5.27. The molecule has 0 bridgehead atoms. The highest BCUT2D eigenvalue weighted by molar-refractivity contribution is 7.90. The predicted molar refractivity (Wildman–Crippen MR) is 165 cm³/mol. The fourth-order valence-corrected chi connectivity index (χ4v) is 6.72. The summed E-state index contributed by atoms with van der Waals surface area (Å²) in [6.45, 7) is 10.5. The van der Waals surface area contributed by atoms with E-state index in [-0.39, 0.29) is 21.7 Å². The number of anilines is 1. The van der Waals surface area contributed by atoms with Gasteiger partial charge in [0.2, 0.25) is 0 Å². The predicted octanol–water partition coefficient (Wildman–Crippen LogP) is 6.09. The van der Waals surface area contributed by atoms with Gasteiger partial charge in [-0.05, 0) is 91.3 Å². The maximum Gasteiger partial charge on any atom is 0.283 e. The minimum Gasteiger partial charge on any atom is -0.369 e. The monoisotopic (exact) mass is 610 g/mol. The van der Waals surface area contributed by atoms with E-state index in [0.29, 0.717) is 0 Å². The van der Waals surface area contributed by atoms with E-state index < -0.39 is 21.7 Å². The number of carbonyl (C=O) groups is 1. The lowest BCUT2D eigenvalue weighted by molar-refractivity contribution is 0.0976. The normalized spacial score (nSPS) is 17.8. The van der Waals surface area contributed by atoms with Crippen LogP contribution in [0.25, 0.3) is 5.57 Å². The first-order valence-corrected chi connectivity index (χ1v) is 16.0. The standard InChI is InChI=1S/C32H36ClFN4O3S/c1-22-29(34)12-13-30(35-22)31(39)36-42(40,41)27-10-8-26(9-11-27)38-18-16-37(17-19-38)21-24-14-15-32(2,3)20-28(24)23-4-6-25(33)7-5-23/h4-13H,14-21H2,1-3H3,(H,36,39). The molecule has 1 saturated heterocycles. The van der Waals surface area contributed by atoms with E-state index in [1.165, 1.54) is 42.2 Å². The number of allylic oxidation sites excluding steroid dienone is 1. The van der Waals surface area contributed by atoms with Crippen LogP contribution in [0.4, 0.5) is 10.1 Å². The molecule has 1 fully saturated rings. The van der Waals surface area contributed by atoms with Gasteiger partial charge in [0.15, 0.2) is 0 Å². The summed E-state index contributed by atoms with van der Waals surface area (Å²) >= 11 is 6.16. The topological polar surface area (TPSA) is 82.6 Å². The van der Waals surface area contributed by atoms with Crippen LogP contribution in [0, 0.1) is 18.2 Å². The molecule has 3 aromatic rings. The van der Waals surface area contributed by atoms with E-state index in [9.17, 15) is 17.6 Å². The molecule has 5 rings (SSSR count). The summed E-state index contributed by atoms with van der Waals surface area (Å²) in [6.07, 6.45) is 3.32. The number of aryl methyl sites for hydroxylation is 1. The molecule has 1 aromatic heterocycles. The van der Waals surface area contributed by atoms with Crippen molar-refractivity contribution < 1.29 is 17.6 Å². The SMILES string of the molecule is Cc1nc(C(=O)NS(=O)(=O)c2ccc(N3CCN(CC4=C(c5ccc(Cl)cc5)CC(C)(C)CC4)CC3)cc2)ccc1F. The molecule has 2 aliphatic rings. The zero-order chi connectivity index (χ0) is 30.1. The first-order chi connectivity index (χ1) is 19.9. The average Bonchev–Trinajstić information content (AvgIpc) is 2.96. The molecule has 42 heavy (non-hydrogen) atoms. The summed E-state index contributed by atoms with van der Waals surface area (Å²) in [6, 6.07) is 17.0. The highest BCUT2D eigenvalue weighted by atomic mass is 35.5. The molecule has 0 radical (unpaired) electrons. The van der Waals surface area contributed by atoms with Gasteiger partial charge in [-0.15, -0.1) is 0 Å². The molecule has 7 nitrogen and oxygen atoms in total. The second-order valence-electron chi connectivity index (χ2n) is 11.9. The Morgan fingerprint density at radius 3 is 2.31 bits per heavy atom. The Kier molecular flexibility index (Phi) is 8.73. The Morgan fingerprint density at radius 2 is 1.67 bits per heavy atom. The minimum atomic E-state index is -4.11. The molecule has 0 spiro atoms. The van der Waals surface area contributed by atoms with E-state index in [0.717, 1.165) is 68.4 Å². The molecule has 0 saturated carbocycles. The van der Waals surface area contributed by atoms with Crippen LogP contribution in [0.2, 0.25) is 5.02 Å². The van der Waals surface area contributed by atoms with Crippen molar-refractivity contribution in [1.29, 1.82) is 0 Å². The number of nitrogens with one attached hydrogen (secondary N) is 1. The van der Waals surface area contributed by atoms with Crippen LogP contribution in [-0.2, 0) is 10.0 Å². The highest BCUT2D eigenvalue weighted by Crippen LogP contribution is 2.43. The van der Waals surface area contributed by atoms with Gasteiger partial charge in [-0.1, -0.05) is 43.2 Å². The Balaban J connectivity index is 1.21. The van der Waals surface area contributed by atoms with Crippen molar-refractivity contribution in [1.82, 2.24) is 14.6 Å². The van der Waals surface area contributed by atoms with E-state index in [1.807, 2.05) is 16.9 Å². The van der Waals surface area contributed by atoms with E-state index in [1.54, 1.807) is 12.1 Å². The summed E-state index contributed by atoms with van der Waals surface area (Å²) in [4.78, 5) is 21.0. The lowest BCUT2D eigenvalue weighted by atomic mass is 9.72. The van der Waals surface area contributed by atoms with Gasteiger partial charge in [-0.2, -0.15) is 0 Å². The van der Waals surface area contributed by atoms with E-state index in [2.05, 4.69) is 40.8 Å². The van der Waals surface area contributed by atoms with Crippen LogP contribution >= 0.6 is 11.6 Å². The number of hydrogen-bond donors (Lipinski definition) is 1. The maximum absolute atomic E-state index is 13.5. The summed E-state index contributed by atoms with van der Waals surface area (Å²) in [5, 5.41) is 0.750. The van der Waals surface area contributed by atoms with Crippen molar-refractivity contribution in [2.75, 3.05) is 37.6 Å². The van der Waals surface area contributed by atoms with Gasteiger partial charge in [-0.3, -0.25) is 9.69 Å². The number of carbonyl (C=O) groups excluding carboxylic acids is 1. The third kappa shape index (κ3) is 7.02. The largest absolute Gasteiger partial charge is 0.369 e. The number of piperazine rings is 1. The number of pyridine rings is 1. The van der Waals surface area contributed by atoms with Crippen LogP contribution in [0.1, 0.15) is 54.9 Å². The van der Waals surface area contributed by atoms with Crippen LogP contribution in [-0.4, -0.2) is 56.9 Å². The van der Waals surface area contributed by atoms with Crippen molar-refractivity contribution in [2.45, 2.75) is 44.9 Å². The van der Waals surface area contributed by atoms with Crippen LogP contribution in [0.5, 0.6) is 0 Å². The van der Waals surface area contributed by atoms with Crippen LogP contribution < -0.4 is 9.62 Å². The summed E-state index contributed by atoms with van der Waals surface area (Å²) in [5.74, 6) is -1.47. The van der Waals surface area contributed by atoms with Crippen molar-refractivity contribution in [3.05, 3.63) is 94.0 Å². The number of sulfonamides is 1. The molecule has 1 aliphatic heterocycles.